The Balaban J connectivity index is 1.46. The molecule has 2 amide bonds. The number of nitrogens with zero attached hydrogens (tertiary/aromatic N) is 1. The number of carbonyl (C=O) groups is 3. The molecule has 2 aromatic heterocycles. The van der Waals surface area contributed by atoms with E-state index >= 15 is 0 Å². The highest BCUT2D eigenvalue weighted by atomic mass is 79.9. The highest BCUT2D eigenvalue weighted by Gasteiger charge is 2.17. The van der Waals surface area contributed by atoms with Crippen LogP contribution < -0.4 is 15.5 Å². The lowest BCUT2D eigenvalue weighted by Gasteiger charge is -2.09. The Morgan fingerprint density at radius 1 is 0.886 bits per heavy atom. The number of anilines is 1. The van der Waals surface area contributed by atoms with E-state index in [1.54, 1.807) is 42.5 Å². The molecular weight excluding hydrogens is 586 g/mol. The number of rotatable bonds is 7. The molecule has 0 saturated heterocycles. The number of ether oxygens (including phenoxy) is 1. The van der Waals surface area contributed by atoms with Gasteiger partial charge in [0.2, 0.25) is 5.76 Å². The van der Waals surface area contributed by atoms with Gasteiger partial charge >= 0.3 is 5.97 Å². The molecule has 0 aliphatic rings. The summed E-state index contributed by atoms with van der Waals surface area (Å²) < 4.78 is 16.7. The van der Waals surface area contributed by atoms with Crippen LogP contribution in [-0.2, 0) is 0 Å². The molecule has 0 spiro atoms. The number of carbonyl (C=O) groups excluding carboxylic acids is 3. The first-order valence-corrected chi connectivity index (χ1v) is 11.5. The summed E-state index contributed by atoms with van der Waals surface area (Å²) >= 11 is 6.73. The number of halogens is 2. The van der Waals surface area contributed by atoms with E-state index in [1.807, 2.05) is 0 Å². The molecule has 0 aliphatic heterocycles. The maximum absolute atomic E-state index is 12.6. The standard InChI is InChI=1S/C24H15Br2N3O6/c25-16-10-15(21(18(26)12-16)35-24(32)20-7-3-9-34-20)13-27-29-22(30)14-4-1-5-17(11-14)28-23(31)19-6-2-8-33-19/h1-13H,(H,28,31)(H,29,30). The molecule has 35 heavy (non-hydrogen) atoms. The third kappa shape index (κ3) is 6.14. The molecule has 2 aromatic carbocycles. The van der Waals surface area contributed by atoms with Crippen LogP contribution in [0, 0.1) is 0 Å². The summed E-state index contributed by atoms with van der Waals surface area (Å²) in [6, 6.07) is 15.9. The zero-order chi connectivity index (χ0) is 24.8. The van der Waals surface area contributed by atoms with Gasteiger partial charge in [-0.3, -0.25) is 9.59 Å². The molecule has 4 aromatic rings. The normalized spacial score (nSPS) is 10.8. The van der Waals surface area contributed by atoms with Crippen LogP contribution in [0.1, 0.15) is 37.0 Å². The summed E-state index contributed by atoms with van der Waals surface area (Å²) in [4.78, 5) is 37.0. The van der Waals surface area contributed by atoms with Crippen molar-refractivity contribution < 1.29 is 28.0 Å². The van der Waals surface area contributed by atoms with Crippen LogP contribution in [0.5, 0.6) is 5.75 Å². The summed E-state index contributed by atoms with van der Waals surface area (Å²) in [5.74, 6) is -1.27. The van der Waals surface area contributed by atoms with Gasteiger partial charge in [-0.2, -0.15) is 5.10 Å². The quantitative estimate of drug-likeness (QED) is 0.123. The number of hydrazone groups is 1. The van der Waals surface area contributed by atoms with Crippen LogP contribution in [-0.4, -0.2) is 24.0 Å². The van der Waals surface area contributed by atoms with Gasteiger partial charge in [-0.1, -0.05) is 22.0 Å². The molecule has 176 valence electrons. The number of furan rings is 2. The molecule has 9 nitrogen and oxygen atoms in total. The fourth-order valence-electron chi connectivity index (χ4n) is 2.89. The van der Waals surface area contributed by atoms with Gasteiger partial charge in [-0.15, -0.1) is 0 Å². The van der Waals surface area contributed by atoms with Gasteiger partial charge in [-0.05, 0) is 70.5 Å². The maximum Gasteiger partial charge on any atom is 0.379 e. The van der Waals surface area contributed by atoms with E-state index in [9.17, 15) is 14.4 Å². The van der Waals surface area contributed by atoms with Crippen molar-refractivity contribution in [3.05, 3.63) is 105 Å². The molecular formula is C24H15Br2N3O6. The van der Waals surface area contributed by atoms with Gasteiger partial charge in [0.25, 0.3) is 11.8 Å². The second-order valence-corrected chi connectivity index (χ2v) is 8.65. The van der Waals surface area contributed by atoms with Crippen LogP contribution in [0.4, 0.5) is 5.69 Å². The van der Waals surface area contributed by atoms with Gasteiger partial charge in [-0.25, -0.2) is 10.2 Å². The molecule has 0 bridgehead atoms. The second kappa shape index (κ2) is 11.0. The summed E-state index contributed by atoms with van der Waals surface area (Å²) in [5, 5.41) is 6.63. The van der Waals surface area contributed by atoms with Gasteiger partial charge in [0, 0.05) is 21.3 Å². The van der Waals surface area contributed by atoms with Crippen molar-refractivity contribution in [1.82, 2.24) is 5.43 Å². The number of hydrogen-bond donors (Lipinski definition) is 2. The van der Waals surface area contributed by atoms with Crippen molar-refractivity contribution in [2.24, 2.45) is 5.10 Å². The Labute approximate surface area is 215 Å². The van der Waals surface area contributed by atoms with Crippen LogP contribution in [0.15, 0.2) is 96.1 Å². The predicted molar refractivity (Wildman–Crippen MR) is 134 cm³/mol. The predicted octanol–water partition coefficient (Wildman–Crippen LogP) is 5.63. The third-order valence-electron chi connectivity index (χ3n) is 4.45. The molecule has 4 rings (SSSR count). The highest BCUT2D eigenvalue weighted by molar-refractivity contribution is 9.11. The second-order valence-electron chi connectivity index (χ2n) is 6.88. The van der Waals surface area contributed by atoms with Crippen LogP contribution in [0.25, 0.3) is 0 Å². The van der Waals surface area contributed by atoms with Crippen LogP contribution in [0.3, 0.4) is 0 Å². The highest BCUT2D eigenvalue weighted by Crippen LogP contribution is 2.32. The summed E-state index contributed by atoms with van der Waals surface area (Å²) in [5.41, 5.74) is 3.49. The largest absolute Gasteiger partial charge is 0.459 e. The van der Waals surface area contributed by atoms with Gasteiger partial charge in [0.15, 0.2) is 11.5 Å². The van der Waals surface area contributed by atoms with Crippen LogP contribution in [0.2, 0.25) is 0 Å². The van der Waals surface area contributed by atoms with Crippen molar-refractivity contribution in [2.45, 2.75) is 0 Å². The number of nitrogens with one attached hydrogen (secondary N) is 2. The van der Waals surface area contributed by atoms with Crippen molar-refractivity contribution in [2.75, 3.05) is 5.32 Å². The molecule has 0 aliphatic carbocycles. The van der Waals surface area contributed by atoms with E-state index in [4.69, 9.17) is 13.6 Å². The first kappa shape index (κ1) is 24.2. The molecule has 0 radical (unpaired) electrons. The first-order chi connectivity index (χ1) is 16.9. The molecule has 11 heteroatoms. The van der Waals surface area contributed by atoms with Crippen molar-refractivity contribution in [3.63, 3.8) is 0 Å². The van der Waals surface area contributed by atoms with Crippen molar-refractivity contribution in [3.8, 4) is 5.75 Å². The monoisotopic (exact) mass is 599 g/mol. The fraction of sp³-hybridized carbons (Fsp3) is 0. The Morgan fingerprint density at radius 3 is 2.34 bits per heavy atom. The first-order valence-electron chi connectivity index (χ1n) is 9.94. The zero-order valence-electron chi connectivity index (χ0n) is 17.7. The van der Waals surface area contributed by atoms with E-state index in [0.29, 0.717) is 20.2 Å². The fourth-order valence-corrected chi connectivity index (χ4v) is 4.22. The summed E-state index contributed by atoms with van der Waals surface area (Å²) in [6.45, 7) is 0. The van der Waals surface area contributed by atoms with E-state index in [0.717, 1.165) is 0 Å². The van der Waals surface area contributed by atoms with E-state index in [1.165, 1.54) is 36.9 Å². The minimum atomic E-state index is -0.690. The van der Waals surface area contributed by atoms with Gasteiger partial charge in [0.1, 0.15) is 0 Å². The molecule has 0 saturated carbocycles. The lowest BCUT2D eigenvalue weighted by molar-refractivity contribution is 0.0699. The van der Waals surface area contributed by atoms with Crippen molar-refractivity contribution in [1.29, 1.82) is 0 Å². The Kier molecular flexibility index (Phi) is 7.58. The summed E-state index contributed by atoms with van der Waals surface area (Å²) in [7, 11) is 0. The average Bonchev–Trinajstić information content (AvgIpc) is 3.56. The SMILES string of the molecule is O=C(NN=Cc1cc(Br)cc(Br)c1OC(=O)c1ccco1)c1cccc(NC(=O)c2ccco2)c1. The summed E-state index contributed by atoms with van der Waals surface area (Å²) in [6.07, 6.45) is 4.09. The molecule has 0 fully saturated rings. The average molecular weight is 601 g/mol. The number of amides is 2. The van der Waals surface area contributed by atoms with Gasteiger partial charge in [0.05, 0.1) is 23.2 Å². The molecule has 2 heterocycles. The number of hydrogen-bond acceptors (Lipinski definition) is 7. The van der Waals surface area contributed by atoms with E-state index < -0.39 is 17.8 Å². The molecule has 2 N–H and O–H groups in total. The lowest BCUT2D eigenvalue weighted by Crippen LogP contribution is -2.18. The molecule has 0 unspecified atom stereocenters. The van der Waals surface area contributed by atoms with E-state index in [-0.39, 0.29) is 22.8 Å². The lowest BCUT2D eigenvalue weighted by atomic mass is 10.2. The maximum atomic E-state index is 12.6. The zero-order valence-corrected chi connectivity index (χ0v) is 20.8. The minimum Gasteiger partial charge on any atom is -0.459 e. The topological polar surface area (TPSA) is 123 Å². The minimum absolute atomic E-state index is 0.0371. The Hall–Kier alpha value is -3.96. The third-order valence-corrected chi connectivity index (χ3v) is 5.50. The number of benzene rings is 2. The number of esters is 1. The van der Waals surface area contributed by atoms with Crippen molar-refractivity contribution >= 4 is 61.5 Å². The smallest absolute Gasteiger partial charge is 0.379 e. The van der Waals surface area contributed by atoms with E-state index in [2.05, 4.69) is 47.7 Å². The van der Waals surface area contributed by atoms with Gasteiger partial charge < -0.3 is 18.9 Å². The Morgan fingerprint density at radius 2 is 1.63 bits per heavy atom. The Bertz CT molecular complexity index is 1400. The molecule has 0 atom stereocenters. The van der Waals surface area contributed by atoms with Crippen LogP contribution >= 0.6 is 31.9 Å².